The van der Waals surface area contributed by atoms with Crippen molar-refractivity contribution in [2.75, 3.05) is 11.1 Å². The molecular formula is C15H18N6O2. The zero-order valence-electron chi connectivity index (χ0n) is 12.9. The van der Waals surface area contributed by atoms with Gasteiger partial charge in [0.05, 0.1) is 17.1 Å². The molecule has 2 heterocycles. The van der Waals surface area contributed by atoms with Crippen LogP contribution in [0.4, 0.5) is 11.8 Å². The quantitative estimate of drug-likeness (QED) is 0.568. The third-order valence-electron chi connectivity index (χ3n) is 3.13. The van der Waals surface area contributed by atoms with Gasteiger partial charge in [-0.3, -0.25) is 0 Å². The number of hydrogen-bond donors (Lipinski definition) is 4. The topological polar surface area (TPSA) is 122 Å². The largest absolute Gasteiger partial charge is 0.475 e. The van der Waals surface area contributed by atoms with Gasteiger partial charge in [-0.05, 0) is 31.5 Å². The summed E-state index contributed by atoms with van der Waals surface area (Å²) < 4.78 is 5.53. The van der Waals surface area contributed by atoms with Crippen LogP contribution in [0.15, 0.2) is 29.1 Å². The SMILES string of the molecule is CC(C)Oc1cc(NCc2ccc3[nH]c(=O)[nH]c3c2)nc(N)n1. The van der Waals surface area contributed by atoms with Crippen LogP contribution < -0.4 is 21.5 Å². The minimum atomic E-state index is -0.218. The molecule has 23 heavy (non-hydrogen) atoms. The normalized spacial score (nSPS) is 11.1. The van der Waals surface area contributed by atoms with E-state index in [9.17, 15) is 4.79 Å². The fourth-order valence-corrected chi connectivity index (χ4v) is 2.22. The molecule has 1 aromatic carbocycles. The van der Waals surface area contributed by atoms with Crippen LogP contribution in [0.3, 0.4) is 0 Å². The number of imidazole rings is 1. The zero-order chi connectivity index (χ0) is 16.4. The van der Waals surface area contributed by atoms with Gasteiger partial charge in [-0.1, -0.05) is 6.07 Å². The van der Waals surface area contributed by atoms with E-state index < -0.39 is 0 Å². The highest BCUT2D eigenvalue weighted by atomic mass is 16.5. The van der Waals surface area contributed by atoms with Crippen LogP contribution >= 0.6 is 0 Å². The summed E-state index contributed by atoms with van der Waals surface area (Å²) in [4.78, 5) is 24.9. The molecule has 0 aliphatic heterocycles. The number of nitrogens with two attached hydrogens (primary N) is 1. The molecule has 120 valence electrons. The van der Waals surface area contributed by atoms with Gasteiger partial charge in [-0.2, -0.15) is 9.97 Å². The van der Waals surface area contributed by atoms with Crippen molar-refractivity contribution in [2.24, 2.45) is 0 Å². The summed E-state index contributed by atoms with van der Waals surface area (Å²) in [7, 11) is 0. The third-order valence-corrected chi connectivity index (χ3v) is 3.13. The molecule has 5 N–H and O–H groups in total. The van der Waals surface area contributed by atoms with Gasteiger partial charge in [0.25, 0.3) is 0 Å². The van der Waals surface area contributed by atoms with Gasteiger partial charge in [0.1, 0.15) is 5.82 Å². The molecule has 3 aromatic rings. The van der Waals surface area contributed by atoms with E-state index in [1.54, 1.807) is 6.07 Å². The lowest BCUT2D eigenvalue weighted by Gasteiger charge is -2.11. The number of H-pyrrole nitrogens is 2. The van der Waals surface area contributed by atoms with Crippen LogP contribution in [0.5, 0.6) is 5.88 Å². The molecule has 8 heteroatoms. The number of benzene rings is 1. The van der Waals surface area contributed by atoms with E-state index >= 15 is 0 Å². The lowest BCUT2D eigenvalue weighted by atomic mass is 10.2. The molecule has 0 atom stereocenters. The summed E-state index contributed by atoms with van der Waals surface area (Å²) in [6.45, 7) is 4.36. The number of fused-ring (bicyclic) bond motifs is 1. The maximum absolute atomic E-state index is 11.3. The van der Waals surface area contributed by atoms with E-state index in [1.807, 2.05) is 32.0 Å². The van der Waals surface area contributed by atoms with E-state index in [4.69, 9.17) is 10.5 Å². The average Bonchev–Trinajstić information content (AvgIpc) is 2.83. The van der Waals surface area contributed by atoms with Crippen molar-refractivity contribution in [1.82, 2.24) is 19.9 Å². The van der Waals surface area contributed by atoms with Crippen LogP contribution in [-0.4, -0.2) is 26.0 Å². The monoisotopic (exact) mass is 314 g/mol. The fourth-order valence-electron chi connectivity index (χ4n) is 2.22. The van der Waals surface area contributed by atoms with Crippen LogP contribution in [0.2, 0.25) is 0 Å². The fraction of sp³-hybridized carbons (Fsp3) is 0.267. The Kier molecular flexibility index (Phi) is 3.88. The van der Waals surface area contributed by atoms with E-state index in [0.29, 0.717) is 18.2 Å². The van der Waals surface area contributed by atoms with E-state index in [0.717, 1.165) is 16.6 Å². The van der Waals surface area contributed by atoms with E-state index in [1.165, 1.54) is 0 Å². The second-order valence-electron chi connectivity index (χ2n) is 5.43. The van der Waals surface area contributed by atoms with Gasteiger partial charge in [0, 0.05) is 12.6 Å². The highest BCUT2D eigenvalue weighted by Crippen LogP contribution is 2.17. The summed E-state index contributed by atoms with van der Waals surface area (Å²) in [6.07, 6.45) is 0.00460. The van der Waals surface area contributed by atoms with Crippen molar-refractivity contribution in [1.29, 1.82) is 0 Å². The second kappa shape index (κ2) is 5.99. The molecular weight excluding hydrogens is 296 g/mol. The van der Waals surface area contributed by atoms with Crippen molar-refractivity contribution in [3.8, 4) is 5.88 Å². The highest BCUT2D eigenvalue weighted by molar-refractivity contribution is 5.75. The highest BCUT2D eigenvalue weighted by Gasteiger charge is 2.06. The molecule has 0 saturated heterocycles. The minimum absolute atomic E-state index is 0.00460. The van der Waals surface area contributed by atoms with Crippen molar-refractivity contribution < 1.29 is 4.74 Å². The Morgan fingerprint density at radius 1 is 1.22 bits per heavy atom. The lowest BCUT2D eigenvalue weighted by Crippen LogP contribution is -2.10. The molecule has 0 unspecified atom stereocenters. The summed E-state index contributed by atoms with van der Waals surface area (Å²) in [5.74, 6) is 1.16. The van der Waals surface area contributed by atoms with Crippen molar-refractivity contribution in [3.05, 3.63) is 40.3 Å². The second-order valence-corrected chi connectivity index (χ2v) is 5.43. The molecule has 0 bridgehead atoms. The smallest absolute Gasteiger partial charge is 0.323 e. The first-order chi connectivity index (χ1) is 11.0. The Labute approximate surface area is 132 Å². The Balaban J connectivity index is 1.75. The maximum Gasteiger partial charge on any atom is 0.323 e. The number of aromatic amines is 2. The van der Waals surface area contributed by atoms with Gasteiger partial charge in [-0.15, -0.1) is 0 Å². The van der Waals surface area contributed by atoms with Crippen molar-refractivity contribution in [2.45, 2.75) is 26.5 Å². The molecule has 0 amide bonds. The number of nitrogens with zero attached hydrogens (tertiary/aromatic N) is 2. The lowest BCUT2D eigenvalue weighted by molar-refractivity contribution is 0.233. The first-order valence-corrected chi connectivity index (χ1v) is 7.25. The summed E-state index contributed by atoms with van der Waals surface area (Å²) in [6, 6.07) is 7.38. The van der Waals surface area contributed by atoms with E-state index in [-0.39, 0.29) is 17.7 Å². The first-order valence-electron chi connectivity index (χ1n) is 7.25. The summed E-state index contributed by atoms with van der Waals surface area (Å²) >= 11 is 0. The molecule has 2 aromatic heterocycles. The number of ether oxygens (including phenoxy) is 1. The number of hydrogen-bond acceptors (Lipinski definition) is 6. The predicted octanol–water partition coefficient (Wildman–Crippen LogP) is 1.63. The number of nitrogen functional groups attached to an aromatic ring is 1. The molecule has 0 aliphatic carbocycles. The molecule has 3 rings (SSSR count). The molecule has 0 aliphatic rings. The number of anilines is 2. The van der Waals surface area contributed by atoms with Crippen molar-refractivity contribution >= 4 is 22.8 Å². The van der Waals surface area contributed by atoms with Crippen LogP contribution in [0.25, 0.3) is 11.0 Å². The first kappa shape index (κ1) is 14.9. The standard InChI is InChI=1S/C15H18N6O2/c1-8(2)23-13-6-12(20-14(16)21-13)17-7-9-3-4-10-11(5-9)19-15(22)18-10/h3-6,8H,7H2,1-2H3,(H2,18,19,22)(H3,16,17,20,21). The third kappa shape index (κ3) is 3.60. The average molecular weight is 314 g/mol. The molecule has 0 radical (unpaired) electrons. The van der Waals surface area contributed by atoms with E-state index in [2.05, 4.69) is 25.3 Å². The van der Waals surface area contributed by atoms with Crippen LogP contribution in [0, 0.1) is 0 Å². The predicted molar refractivity (Wildman–Crippen MR) is 88.5 cm³/mol. The van der Waals surface area contributed by atoms with Crippen LogP contribution in [0.1, 0.15) is 19.4 Å². The number of rotatable bonds is 5. The molecule has 0 saturated carbocycles. The van der Waals surface area contributed by atoms with Crippen LogP contribution in [-0.2, 0) is 6.54 Å². The number of nitrogens with one attached hydrogen (secondary N) is 3. The zero-order valence-corrected chi connectivity index (χ0v) is 12.9. The van der Waals surface area contributed by atoms with Gasteiger partial charge in [0.15, 0.2) is 0 Å². The van der Waals surface area contributed by atoms with Gasteiger partial charge < -0.3 is 25.8 Å². The van der Waals surface area contributed by atoms with Crippen molar-refractivity contribution in [3.63, 3.8) is 0 Å². The maximum atomic E-state index is 11.3. The Morgan fingerprint density at radius 3 is 2.78 bits per heavy atom. The Hall–Kier alpha value is -3.03. The Morgan fingerprint density at radius 2 is 2.00 bits per heavy atom. The Bertz CT molecular complexity index is 883. The van der Waals surface area contributed by atoms with Gasteiger partial charge in [0.2, 0.25) is 11.8 Å². The van der Waals surface area contributed by atoms with Gasteiger partial charge >= 0.3 is 5.69 Å². The van der Waals surface area contributed by atoms with Gasteiger partial charge in [-0.25, -0.2) is 4.79 Å². The number of aromatic nitrogens is 4. The molecule has 0 fully saturated rings. The molecule has 0 spiro atoms. The minimum Gasteiger partial charge on any atom is -0.475 e. The summed E-state index contributed by atoms with van der Waals surface area (Å²) in [5, 5.41) is 3.17. The molecule has 8 nitrogen and oxygen atoms in total. The summed E-state index contributed by atoms with van der Waals surface area (Å²) in [5.41, 5.74) is 8.01.